The molecule has 0 saturated carbocycles. The zero-order valence-electron chi connectivity index (χ0n) is 13.0. The third-order valence-electron chi connectivity index (χ3n) is 3.78. The molecule has 2 heterocycles. The molecule has 122 valence electrons. The van der Waals surface area contributed by atoms with Crippen molar-refractivity contribution in [3.05, 3.63) is 22.4 Å². The largest absolute Gasteiger partial charge is 0.395 e. The van der Waals surface area contributed by atoms with E-state index in [0.29, 0.717) is 24.5 Å². The standard InChI is InChI=1S/C15H23N3O3S/c1-15(2,16-13(20)12-4-3-11-22-12)14(21)18-7-5-17(6-8-18)9-10-19/h3-4,11,19H,5-10H2,1-2H3,(H,16,20). The molecule has 1 saturated heterocycles. The van der Waals surface area contributed by atoms with Crippen molar-refractivity contribution in [1.29, 1.82) is 0 Å². The van der Waals surface area contributed by atoms with E-state index < -0.39 is 5.54 Å². The molecule has 22 heavy (non-hydrogen) atoms. The predicted molar refractivity (Wildman–Crippen MR) is 86.0 cm³/mol. The predicted octanol–water partition coefficient (Wildman–Crippen LogP) is 0.393. The molecule has 0 aromatic carbocycles. The van der Waals surface area contributed by atoms with Gasteiger partial charge in [0.05, 0.1) is 11.5 Å². The van der Waals surface area contributed by atoms with Crippen LogP contribution in [-0.2, 0) is 4.79 Å². The quantitative estimate of drug-likeness (QED) is 0.822. The molecule has 0 bridgehead atoms. The van der Waals surface area contributed by atoms with E-state index in [2.05, 4.69) is 10.2 Å². The topological polar surface area (TPSA) is 72.9 Å². The summed E-state index contributed by atoms with van der Waals surface area (Å²) in [6.07, 6.45) is 0. The Morgan fingerprint density at radius 2 is 2.00 bits per heavy atom. The smallest absolute Gasteiger partial charge is 0.262 e. The van der Waals surface area contributed by atoms with Crippen LogP contribution in [0.15, 0.2) is 17.5 Å². The van der Waals surface area contributed by atoms with Crippen LogP contribution < -0.4 is 5.32 Å². The molecule has 0 radical (unpaired) electrons. The number of rotatable bonds is 5. The number of nitrogens with zero attached hydrogens (tertiary/aromatic N) is 2. The SMILES string of the molecule is CC(C)(NC(=O)c1cccs1)C(=O)N1CCN(CCO)CC1. The Bertz CT molecular complexity index is 508. The highest BCUT2D eigenvalue weighted by Crippen LogP contribution is 2.14. The van der Waals surface area contributed by atoms with Gasteiger partial charge in [-0.1, -0.05) is 6.07 Å². The summed E-state index contributed by atoms with van der Waals surface area (Å²) in [5, 5.41) is 13.6. The Labute approximate surface area is 134 Å². The Balaban J connectivity index is 1.92. The highest BCUT2D eigenvalue weighted by Gasteiger charge is 2.35. The van der Waals surface area contributed by atoms with Gasteiger partial charge in [-0.15, -0.1) is 11.3 Å². The summed E-state index contributed by atoms with van der Waals surface area (Å²) in [7, 11) is 0. The number of hydrogen-bond donors (Lipinski definition) is 2. The minimum Gasteiger partial charge on any atom is -0.395 e. The number of nitrogens with one attached hydrogen (secondary N) is 1. The number of aliphatic hydroxyl groups excluding tert-OH is 1. The highest BCUT2D eigenvalue weighted by molar-refractivity contribution is 7.12. The number of hydrogen-bond acceptors (Lipinski definition) is 5. The number of aliphatic hydroxyl groups is 1. The number of carbonyl (C=O) groups is 2. The first kappa shape index (κ1) is 16.9. The molecule has 1 aromatic heterocycles. The van der Waals surface area contributed by atoms with Crippen LogP contribution in [0.2, 0.25) is 0 Å². The van der Waals surface area contributed by atoms with Crippen molar-refractivity contribution in [2.24, 2.45) is 0 Å². The molecule has 2 rings (SSSR count). The molecule has 0 unspecified atom stereocenters. The average molecular weight is 325 g/mol. The molecule has 1 aliphatic rings. The molecular formula is C15H23N3O3S. The van der Waals surface area contributed by atoms with Crippen molar-refractivity contribution in [3.63, 3.8) is 0 Å². The second-order valence-corrected chi connectivity index (χ2v) is 6.86. The average Bonchev–Trinajstić information content (AvgIpc) is 3.01. The maximum Gasteiger partial charge on any atom is 0.262 e. The fraction of sp³-hybridized carbons (Fsp3) is 0.600. The summed E-state index contributed by atoms with van der Waals surface area (Å²) >= 11 is 1.36. The first-order valence-electron chi connectivity index (χ1n) is 7.42. The van der Waals surface area contributed by atoms with E-state index >= 15 is 0 Å². The van der Waals surface area contributed by atoms with Crippen molar-refractivity contribution >= 4 is 23.2 Å². The molecule has 0 spiro atoms. The summed E-state index contributed by atoms with van der Waals surface area (Å²) in [5.74, 6) is -0.284. The van der Waals surface area contributed by atoms with Gasteiger partial charge in [0.1, 0.15) is 5.54 Å². The highest BCUT2D eigenvalue weighted by atomic mass is 32.1. The van der Waals surface area contributed by atoms with E-state index in [1.165, 1.54) is 11.3 Å². The van der Waals surface area contributed by atoms with Crippen LogP contribution in [0.1, 0.15) is 23.5 Å². The summed E-state index contributed by atoms with van der Waals surface area (Å²) in [5.41, 5.74) is -0.930. The summed E-state index contributed by atoms with van der Waals surface area (Å²) in [4.78, 5) is 29.3. The van der Waals surface area contributed by atoms with Crippen LogP contribution in [0.3, 0.4) is 0 Å². The first-order chi connectivity index (χ1) is 10.4. The molecule has 2 N–H and O–H groups in total. The van der Waals surface area contributed by atoms with Crippen LogP contribution in [0, 0.1) is 0 Å². The maximum absolute atomic E-state index is 12.6. The van der Waals surface area contributed by atoms with E-state index in [1.54, 1.807) is 24.8 Å². The lowest BCUT2D eigenvalue weighted by molar-refractivity contribution is -0.138. The Kier molecular flexibility index (Phi) is 5.55. The number of amides is 2. The second-order valence-electron chi connectivity index (χ2n) is 5.91. The minimum absolute atomic E-state index is 0.0685. The van der Waals surface area contributed by atoms with E-state index in [4.69, 9.17) is 5.11 Å². The van der Waals surface area contributed by atoms with Gasteiger partial charge in [0.25, 0.3) is 5.91 Å². The third kappa shape index (κ3) is 4.06. The second kappa shape index (κ2) is 7.21. The summed E-state index contributed by atoms with van der Waals surface area (Å²) < 4.78 is 0. The third-order valence-corrected chi connectivity index (χ3v) is 4.65. The first-order valence-corrected chi connectivity index (χ1v) is 8.30. The van der Waals surface area contributed by atoms with Gasteiger partial charge in [0.15, 0.2) is 0 Å². The fourth-order valence-electron chi connectivity index (χ4n) is 2.52. The van der Waals surface area contributed by atoms with Gasteiger partial charge in [0, 0.05) is 32.7 Å². The maximum atomic E-state index is 12.6. The van der Waals surface area contributed by atoms with Crippen molar-refractivity contribution in [2.45, 2.75) is 19.4 Å². The van der Waals surface area contributed by atoms with E-state index in [9.17, 15) is 9.59 Å². The van der Waals surface area contributed by atoms with Gasteiger partial charge in [0.2, 0.25) is 5.91 Å². The zero-order chi connectivity index (χ0) is 16.2. The minimum atomic E-state index is -0.930. The van der Waals surface area contributed by atoms with Crippen LogP contribution in [0.5, 0.6) is 0 Å². The number of thiophene rings is 1. The van der Waals surface area contributed by atoms with Crippen LogP contribution in [0.25, 0.3) is 0 Å². The van der Waals surface area contributed by atoms with Crippen LogP contribution in [-0.4, -0.2) is 71.6 Å². The number of β-amino-alcohol motifs (C(OH)–C–C–N with tert-alkyl or cyclic N) is 1. The number of piperazine rings is 1. The molecule has 1 fully saturated rings. The van der Waals surface area contributed by atoms with Gasteiger partial charge >= 0.3 is 0 Å². The molecule has 7 heteroatoms. The fourth-order valence-corrected chi connectivity index (χ4v) is 3.14. The van der Waals surface area contributed by atoms with Crippen molar-refractivity contribution in [2.75, 3.05) is 39.3 Å². The van der Waals surface area contributed by atoms with E-state index in [0.717, 1.165) is 13.1 Å². The lowest BCUT2D eigenvalue weighted by Gasteiger charge is -2.38. The molecule has 0 atom stereocenters. The van der Waals surface area contributed by atoms with Crippen molar-refractivity contribution < 1.29 is 14.7 Å². The molecule has 1 aliphatic heterocycles. The van der Waals surface area contributed by atoms with E-state index in [-0.39, 0.29) is 18.4 Å². The zero-order valence-corrected chi connectivity index (χ0v) is 13.9. The van der Waals surface area contributed by atoms with Crippen LogP contribution >= 0.6 is 11.3 Å². The van der Waals surface area contributed by atoms with Gasteiger partial charge in [-0.3, -0.25) is 14.5 Å². The van der Waals surface area contributed by atoms with Crippen LogP contribution in [0.4, 0.5) is 0 Å². The van der Waals surface area contributed by atoms with Crippen molar-refractivity contribution in [1.82, 2.24) is 15.1 Å². The Hall–Kier alpha value is -1.44. The van der Waals surface area contributed by atoms with Crippen molar-refractivity contribution in [3.8, 4) is 0 Å². The molecule has 6 nitrogen and oxygen atoms in total. The molecule has 0 aliphatic carbocycles. The lowest BCUT2D eigenvalue weighted by atomic mass is 10.0. The molecule has 2 amide bonds. The number of carbonyl (C=O) groups excluding carboxylic acids is 2. The lowest BCUT2D eigenvalue weighted by Crippen LogP contribution is -2.59. The monoisotopic (exact) mass is 325 g/mol. The van der Waals surface area contributed by atoms with Gasteiger partial charge < -0.3 is 15.3 Å². The molecule has 1 aromatic rings. The molecular weight excluding hydrogens is 302 g/mol. The van der Waals surface area contributed by atoms with Gasteiger partial charge in [-0.05, 0) is 25.3 Å². The summed E-state index contributed by atoms with van der Waals surface area (Å²) in [6, 6.07) is 3.56. The normalized spacial score (nSPS) is 16.6. The Morgan fingerprint density at radius 1 is 1.32 bits per heavy atom. The van der Waals surface area contributed by atoms with Gasteiger partial charge in [-0.25, -0.2) is 0 Å². The van der Waals surface area contributed by atoms with E-state index in [1.807, 2.05) is 11.4 Å². The van der Waals surface area contributed by atoms with Gasteiger partial charge in [-0.2, -0.15) is 0 Å². The summed E-state index contributed by atoms with van der Waals surface area (Å²) in [6.45, 7) is 7.00. The Morgan fingerprint density at radius 3 is 2.55 bits per heavy atom.